The van der Waals surface area contributed by atoms with E-state index < -0.39 is 0 Å². The molecule has 1 atom stereocenters. The molecule has 3 N–H and O–H groups in total. The molecule has 20 heavy (non-hydrogen) atoms. The standard InChI is InChI=1S/C15H16BrNO3/c1-9(12-8-11(18)4-5-14(12)19)17-13-7-10(16)3-6-15(13)20-2/h3-9,17-19H,1-2H3. The van der Waals surface area contributed by atoms with Gasteiger partial charge in [-0.1, -0.05) is 15.9 Å². The molecule has 0 amide bonds. The average Bonchev–Trinajstić information content (AvgIpc) is 2.41. The highest BCUT2D eigenvalue weighted by Gasteiger charge is 2.13. The van der Waals surface area contributed by atoms with Crippen LogP contribution < -0.4 is 10.1 Å². The first-order valence-electron chi connectivity index (χ1n) is 6.13. The van der Waals surface area contributed by atoms with E-state index >= 15 is 0 Å². The van der Waals surface area contributed by atoms with Crippen molar-refractivity contribution in [2.75, 3.05) is 12.4 Å². The van der Waals surface area contributed by atoms with E-state index in [1.807, 2.05) is 25.1 Å². The van der Waals surface area contributed by atoms with Gasteiger partial charge in [0.15, 0.2) is 0 Å². The Morgan fingerprint density at radius 2 is 1.90 bits per heavy atom. The summed E-state index contributed by atoms with van der Waals surface area (Å²) in [6.07, 6.45) is 0. The fourth-order valence-electron chi connectivity index (χ4n) is 1.99. The third-order valence-electron chi connectivity index (χ3n) is 3.01. The molecule has 0 bridgehead atoms. The first kappa shape index (κ1) is 14.5. The number of aromatic hydroxyl groups is 2. The van der Waals surface area contributed by atoms with Crippen LogP contribution in [0.4, 0.5) is 5.69 Å². The molecule has 2 aromatic carbocycles. The molecule has 0 fully saturated rings. The Balaban J connectivity index is 2.29. The van der Waals surface area contributed by atoms with Gasteiger partial charge in [-0.2, -0.15) is 0 Å². The molecule has 0 aliphatic heterocycles. The van der Waals surface area contributed by atoms with E-state index in [-0.39, 0.29) is 17.5 Å². The Labute approximate surface area is 126 Å². The van der Waals surface area contributed by atoms with Crippen LogP contribution in [-0.4, -0.2) is 17.3 Å². The van der Waals surface area contributed by atoms with E-state index in [2.05, 4.69) is 21.2 Å². The third kappa shape index (κ3) is 3.17. The van der Waals surface area contributed by atoms with Crippen LogP contribution in [0.25, 0.3) is 0 Å². The molecular formula is C15H16BrNO3. The Morgan fingerprint density at radius 3 is 2.60 bits per heavy atom. The van der Waals surface area contributed by atoms with Crippen molar-refractivity contribution in [3.05, 3.63) is 46.4 Å². The first-order valence-corrected chi connectivity index (χ1v) is 6.92. The van der Waals surface area contributed by atoms with E-state index in [4.69, 9.17) is 4.74 Å². The molecule has 0 aliphatic rings. The molecule has 2 aromatic rings. The molecule has 0 saturated heterocycles. The fraction of sp³-hybridized carbons (Fsp3) is 0.200. The number of benzene rings is 2. The summed E-state index contributed by atoms with van der Waals surface area (Å²) in [5, 5.41) is 22.7. The molecule has 4 nitrogen and oxygen atoms in total. The van der Waals surface area contributed by atoms with Crippen molar-refractivity contribution in [3.8, 4) is 17.2 Å². The summed E-state index contributed by atoms with van der Waals surface area (Å²) in [4.78, 5) is 0. The fourth-order valence-corrected chi connectivity index (χ4v) is 2.35. The summed E-state index contributed by atoms with van der Waals surface area (Å²) in [6, 6.07) is 9.91. The summed E-state index contributed by atoms with van der Waals surface area (Å²) >= 11 is 3.41. The molecule has 2 rings (SSSR count). The van der Waals surface area contributed by atoms with Crippen LogP contribution in [0.5, 0.6) is 17.2 Å². The average molecular weight is 338 g/mol. The minimum atomic E-state index is -0.190. The van der Waals surface area contributed by atoms with Crippen molar-refractivity contribution in [3.63, 3.8) is 0 Å². The molecular weight excluding hydrogens is 322 g/mol. The number of ether oxygens (including phenoxy) is 1. The van der Waals surface area contributed by atoms with Gasteiger partial charge >= 0.3 is 0 Å². The molecule has 0 radical (unpaired) electrons. The minimum Gasteiger partial charge on any atom is -0.508 e. The topological polar surface area (TPSA) is 61.7 Å². The molecule has 0 saturated carbocycles. The predicted molar refractivity (Wildman–Crippen MR) is 82.5 cm³/mol. The zero-order valence-electron chi connectivity index (χ0n) is 11.2. The Morgan fingerprint density at radius 1 is 1.15 bits per heavy atom. The van der Waals surface area contributed by atoms with Gasteiger partial charge in [0.2, 0.25) is 0 Å². The van der Waals surface area contributed by atoms with E-state index in [9.17, 15) is 10.2 Å². The number of hydrogen-bond donors (Lipinski definition) is 3. The highest BCUT2D eigenvalue weighted by molar-refractivity contribution is 9.10. The van der Waals surface area contributed by atoms with Crippen LogP contribution in [0.3, 0.4) is 0 Å². The summed E-state index contributed by atoms with van der Waals surface area (Å²) in [7, 11) is 1.60. The molecule has 0 aliphatic carbocycles. The zero-order chi connectivity index (χ0) is 14.7. The molecule has 0 spiro atoms. The van der Waals surface area contributed by atoms with Crippen molar-refractivity contribution in [2.45, 2.75) is 13.0 Å². The molecule has 106 valence electrons. The van der Waals surface area contributed by atoms with Crippen molar-refractivity contribution in [1.82, 2.24) is 0 Å². The summed E-state index contributed by atoms with van der Waals surface area (Å²) in [6.45, 7) is 1.90. The van der Waals surface area contributed by atoms with Crippen LogP contribution in [0, 0.1) is 0 Å². The van der Waals surface area contributed by atoms with Gasteiger partial charge < -0.3 is 20.3 Å². The lowest BCUT2D eigenvalue weighted by molar-refractivity contribution is 0.415. The van der Waals surface area contributed by atoms with Gasteiger partial charge in [-0.25, -0.2) is 0 Å². The normalized spacial score (nSPS) is 11.9. The van der Waals surface area contributed by atoms with Crippen LogP contribution in [0.2, 0.25) is 0 Å². The largest absolute Gasteiger partial charge is 0.508 e. The number of nitrogens with one attached hydrogen (secondary N) is 1. The van der Waals surface area contributed by atoms with Crippen molar-refractivity contribution >= 4 is 21.6 Å². The number of hydrogen-bond acceptors (Lipinski definition) is 4. The van der Waals surface area contributed by atoms with Gasteiger partial charge in [0.05, 0.1) is 18.8 Å². The second-order valence-corrected chi connectivity index (χ2v) is 5.37. The highest BCUT2D eigenvalue weighted by Crippen LogP contribution is 2.34. The van der Waals surface area contributed by atoms with Crippen molar-refractivity contribution in [1.29, 1.82) is 0 Å². The molecule has 1 unspecified atom stereocenters. The van der Waals surface area contributed by atoms with Crippen molar-refractivity contribution in [2.24, 2.45) is 0 Å². The number of phenolic OH excluding ortho intramolecular Hbond substituents is 2. The molecule has 5 heteroatoms. The maximum atomic E-state index is 9.87. The zero-order valence-corrected chi connectivity index (χ0v) is 12.8. The monoisotopic (exact) mass is 337 g/mol. The van der Waals surface area contributed by atoms with Gasteiger partial charge in [-0.05, 0) is 43.3 Å². The van der Waals surface area contributed by atoms with E-state index in [1.54, 1.807) is 7.11 Å². The first-order chi connectivity index (χ1) is 9.51. The minimum absolute atomic E-state index is 0.118. The van der Waals surface area contributed by atoms with Gasteiger partial charge in [0.25, 0.3) is 0 Å². The molecule has 0 aromatic heterocycles. The van der Waals surface area contributed by atoms with Gasteiger partial charge in [0.1, 0.15) is 17.2 Å². The number of rotatable bonds is 4. The highest BCUT2D eigenvalue weighted by atomic mass is 79.9. The maximum absolute atomic E-state index is 9.87. The quantitative estimate of drug-likeness (QED) is 0.737. The number of phenols is 2. The van der Waals surface area contributed by atoms with E-state index in [0.717, 1.165) is 10.2 Å². The second-order valence-electron chi connectivity index (χ2n) is 4.45. The summed E-state index contributed by atoms with van der Waals surface area (Å²) < 4.78 is 6.22. The number of anilines is 1. The lowest BCUT2D eigenvalue weighted by Gasteiger charge is -2.19. The Hall–Kier alpha value is -1.88. The third-order valence-corrected chi connectivity index (χ3v) is 3.50. The van der Waals surface area contributed by atoms with Gasteiger partial charge in [-0.3, -0.25) is 0 Å². The smallest absolute Gasteiger partial charge is 0.142 e. The maximum Gasteiger partial charge on any atom is 0.142 e. The summed E-state index contributed by atoms with van der Waals surface area (Å²) in [5.41, 5.74) is 1.42. The van der Waals surface area contributed by atoms with Crippen LogP contribution in [0.1, 0.15) is 18.5 Å². The molecule has 0 heterocycles. The van der Waals surface area contributed by atoms with E-state index in [0.29, 0.717) is 11.3 Å². The Kier molecular flexibility index (Phi) is 4.39. The predicted octanol–water partition coefficient (Wildman–Crippen LogP) is 4.04. The number of methoxy groups -OCH3 is 1. The Bertz CT molecular complexity index is 616. The van der Waals surface area contributed by atoms with Gasteiger partial charge in [-0.15, -0.1) is 0 Å². The van der Waals surface area contributed by atoms with Crippen LogP contribution in [-0.2, 0) is 0 Å². The SMILES string of the molecule is COc1ccc(Br)cc1NC(C)c1cc(O)ccc1O. The second kappa shape index (κ2) is 6.05. The lowest BCUT2D eigenvalue weighted by Crippen LogP contribution is -2.08. The van der Waals surface area contributed by atoms with Crippen LogP contribution in [0.15, 0.2) is 40.9 Å². The van der Waals surface area contributed by atoms with Crippen LogP contribution >= 0.6 is 15.9 Å². The van der Waals surface area contributed by atoms with Gasteiger partial charge in [0, 0.05) is 10.0 Å². The number of halogens is 1. The van der Waals surface area contributed by atoms with Crippen molar-refractivity contribution < 1.29 is 14.9 Å². The lowest BCUT2D eigenvalue weighted by atomic mass is 10.1. The summed E-state index contributed by atoms with van der Waals surface area (Å²) in [5.74, 6) is 0.962. The van der Waals surface area contributed by atoms with E-state index in [1.165, 1.54) is 18.2 Å².